The van der Waals surface area contributed by atoms with Gasteiger partial charge in [-0.3, -0.25) is 4.79 Å². The van der Waals surface area contributed by atoms with Crippen molar-refractivity contribution in [3.63, 3.8) is 0 Å². The van der Waals surface area contributed by atoms with Crippen molar-refractivity contribution in [3.05, 3.63) is 64.6 Å². The summed E-state index contributed by atoms with van der Waals surface area (Å²) in [6.07, 6.45) is 1.83. The minimum atomic E-state index is -0.136. The van der Waals surface area contributed by atoms with Gasteiger partial charge in [-0.25, -0.2) is 0 Å². The van der Waals surface area contributed by atoms with Crippen LogP contribution in [0.25, 0.3) is 6.08 Å². The number of benzene rings is 2. The number of hydrogen-bond donors (Lipinski definition) is 1. The van der Waals surface area contributed by atoms with Gasteiger partial charge in [-0.1, -0.05) is 53.8 Å². The average molecular weight is 388 g/mol. The molecular formula is C19H17NO2S3. The van der Waals surface area contributed by atoms with Gasteiger partial charge < -0.3 is 10.1 Å². The number of nitrogens with one attached hydrogen (secondary N) is 1. The number of ether oxygens (including phenoxy) is 1. The largest absolute Gasteiger partial charge is 0.493 e. The number of rotatable bonds is 6. The van der Waals surface area contributed by atoms with E-state index in [1.807, 2.05) is 30.3 Å². The first-order chi connectivity index (χ1) is 12.1. The summed E-state index contributed by atoms with van der Waals surface area (Å²) < 4.78 is 6.27. The first kappa shape index (κ1) is 18.0. The maximum absolute atomic E-state index is 11.7. The molecule has 0 saturated carbocycles. The second-order valence-electron chi connectivity index (χ2n) is 5.43. The standard InChI is InChI=1S/C19H17NO2S3/c1-13-2-8-16(9-3-13)24-11-10-22-15-6-4-14(5-7-15)12-17-18(21)20-19(23)25-17/h2-9,12H,10-11H2,1H3,(H,20,21,23)/b17-12-. The van der Waals surface area contributed by atoms with E-state index in [2.05, 4.69) is 36.5 Å². The molecule has 2 aromatic carbocycles. The number of hydrogen-bond acceptors (Lipinski definition) is 5. The Morgan fingerprint density at radius 1 is 1.16 bits per heavy atom. The van der Waals surface area contributed by atoms with Crippen LogP contribution in [0.1, 0.15) is 11.1 Å². The Labute approximate surface area is 161 Å². The molecule has 1 fully saturated rings. The first-order valence-electron chi connectivity index (χ1n) is 7.77. The van der Waals surface area contributed by atoms with Crippen LogP contribution in [0.2, 0.25) is 0 Å². The quantitative estimate of drug-likeness (QED) is 0.338. The summed E-state index contributed by atoms with van der Waals surface area (Å²) in [6.45, 7) is 2.73. The molecule has 0 aromatic heterocycles. The number of carbonyl (C=O) groups excluding carboxylic acids is 1. The normalized spacial score (nSPS) is 15.5. The summed E-state index contributed by atoms with van der Waals surface area (Å²) in [6, 6.07) is 16.2. The minimum Gasteiger partial charge on any atom is -0.493 e. The Balaban J connectivity index is 1.48. The molecule has 1 heterocycles. The Hall–Kier alpha value is -1.76. The molecule has 128 valence electrons. The Morgan fingerprint density at radius 2 is 1.88 bits per heavy atom. The van der Waals surface area contributed by atoms with Crippen LogP contribution in [-0.2, 0) is 4.79 Å². The van der Waals surface area contributed by atoms with Crippen LogP contribution < -0.4 is 10.1 Å². The molecular weight excluding hydrogens is 370 g/mol. The molecule has 1 amide bonds. The fourth-order valence-corrected chi connectivity index (χ4v) is 3.96. The number of amides is 1. The number of carbonyl (C=O) groups is 1. The van der Waals surface area contributed by atoms with Crippen molar-refractivity contribution in [2.24, 2.45) is 0 Å². The maximum atomic E-state index is 11.7. The van der Waals surface area contributed by atoms with Crippen molar-refractivity contribution in [1.29, 1.82) is 0 Å². The lowest BCUT2D eigenvalue weighted by atomic mass is 10.2. The van der Waals surface area contributed by atoms with Crippen molar-refractivity contribution < 1.29 is 9.53 Å². The third-order valence-electron chi connectivity index (χ3n) is 3.46. The van der Waals surface area contributed by atoms with Crippen LogP contribution in [0, 0.1) is 6.92 Å². The van der Waals surface area contributed by atoms with Gasteiger partial charge in [0, 0.05) is 10.6 Å². The zero-order valence-corrected chi connectivity index (χ0v) is 16.1. The molecule has 0 atom stereocenters. The summed E-state index contributed by atoms with van der Waals surface area (Å²) in [5.41, 5.74) is 2.22. The fraction of sp³-hybridized carbons (Fsp3) is 0.158. The maximum Gasteiger partial charge on any atom is 0.263 e. The highest BCUT2D eigenvalue weighted by atomic mass is 32.2. The Morgan fingerprint density at radius 3 is 2.52 bits per heavy atom. The monoisotopic (exact) mass is 387 g/mol. The second-order valence-corrected chi connectivity index (χ2v) is 8.32. The lowest BCUT2D eigenvalue weighted by Crippen LogP contribution is -2.17. The van der Waals surface area contributed by atoms with E-state index >= 15 is 0 Å². The number of aryl methyl sites for hydroxylation is 1. The molecule has 6 heteroatoms. The van der Waals surface area contributed by atoms with Gasteiger partial charge in [-0.2, -0.15) is 0 Å². The molecule has 3 nitrogen and oxygen atoms in total. The molecule has 25 heavy (non-hydrogen) atoms. The van der Waals surface area contributed by atoms with Gasteiger partial charge in [-0.05, 0) is 42.8 Å². The molecule has 1 aliphatic rings. The highest BCUT2D eigenvalue weighted by Crippen LogP contribution is 2.26. The second kappa shape index (κ2) is 8.56. The van der Waals surface area contributed by atoms with Crippen LogP contribution in [0.3, 0.4) is 0 Å². The lowest BCUT2D eigenvalue weighted by molar-refractivity contribution is -0.115. The van der Waals surface area contributed by atoms with Crippen molar-refractivity contribution in [3.8, 4) is 5.75 Å². The van der Waals surface area contributed by atoms with Crippen LogP contribution in [0.4, 0.5) is 0 Å². The van der Waals surface area contributed by atoms with Gasteiger partial charge in [0.25, 0.3) is 5.91 Å². The van der Waals surface area contributed by atoms with Crippen LogP contribution >= 0.6 is 35.7 Å². The van der Waals surface area contributed by atoms with E-state index in [9.17, 15) is 4.79 Å². The molecule has 1 saturated heterocycles. The van der Waals surface area contributed by atoms with Gasteiger partial charge in [-0.15, -0.1) is 11.8 Å². The SMILES string of the molecule is Cc1ccc(SCCOc2ccc(/C=C3\SC(=S)NC3=O)cc2)cc1. The van der Waals surface area contributed by atoms with E-state index in [1.54, 1.807) is 11.8 Å². The summed E-state index contributed by atoms with van der Waals surface area (Å²) in [4.78, 5) is 13.5. The molecule has 0 radical (unpaired) electrons. The van der Waals surface area contributed by atoms with Gasteiger partial charge in [0.1, 0.15) is 10.1 Å². The van der Waals surface area contributed by atoms with Crippen LogP contribution in [-0.4, -0.2) is 22.6 Å². The van der Waals surface area contributed by atoms with Gasteiger partial charge in [0.05, 0.1) is 11.5 Å². The zero-order chi connectivity index (χ0) is 17.6. The molecule has 0 bridgehead atoms. The Kier molecular flexibility index (Phi) is 6.18. The van der Waals surface area contributed by atoms with Crippen LogP contribution in [0.15, 0.2) is 58.3 Å². The lowest BCUT2D eigenvalue weighted by Gasteiger charge is -2.07. The molecule has 2 aromatic rings. The molecule has 0 unspecified atom stereocenters. The molecule has 0 aliphatic carbocycles. The van der Waals surface area contributed by atoms with Gasteiger partial charge in [0.2, 0.25) is 0 Å². The molecule has 0 spiro atoms. The predicted molar refractivity (Wildman–Crippen MR) is 110 cm³/mol. The van der Waals surface area contributed by atoms with Crippen LogP contribution in [0.5, 0.6) is 5.75 Å². The molecule has 3 rings (SSSR count). The fourth-order valence-electron chi connectivity index (χ4n) is 2.19. The summed E-state index contributed by atoms with van der Waals surface area (Å²) >= 11 is 8.04. The third kappa shape index (κ3) is 5.36. The molecule has 1 N–H and O–H groups in total. The summed E-state index contributed by atoms with van der Waals surface area (Å²) in [7, 11) is 0. The first-order valence-corrected chi connectivity index (χ1v) is 9.98. The minimum absolute atomic E-state index is 0.136. The van der Waals surface area contributed by atoms with E-state index in [0.717, 1.165) is 17.1 Å². The number of thioether (sulfide) groups is 2. The van der Waals surface area contributed by atoms with E-state index in [-0.39, 0.29) is 5.91 Å². The van der Waals surface area contributed by atoms with E-state index in [4.69, 9.17) is 17.0 Å². The topological polar surface area (TPSA) is 38.3 Å². The zero-order valence-electron chi connectivity index (χ0n) is 13.7. The van der Waals surface area contributed by atoms with E-state index in [1.165, 1.54) is 22.2 Å². The Bertz CT molecular complexity index is 798. The smallest absolute Gasteiger partial charge is 0.263 e. The van der Waals surface area contributed by atoms with E-state index < -0.39 is 0 Å². The third-order valence-corrected chi connectivity index (χ3v) is 5.60. The average Bonchev–Trinajstić information content (AvgIpc) is 2.92. The van der Waals surface area contributed by atoms with Crippen molar-refractivity contribution in [2.75, 3.05) is 12.4 Å². The summed E-state index contributed by atoms with van der Waals surface area (Å²) in [5.74, 6) is 1.58. The summed E-state index contributed by atoms with van der Waals surface area (Å²) in [5, 5.41) is 2.61. The van der Waals surface area contributed by atoms with Crippen molar-refractivity contribution in [2.45, 2.75) is 11.8 Å². The molecule has 1 aliphatic heterocycles. The number of thiocarbonyl (C=S) groups is 1. The predicted octanol–water partition coefficient (Wildman–Crippen LogP) is 4.65. The van der Waals surface area contributed by atoms with Gasteiger partial charge >= 0.3 is 0 Å². The van der Waals surface area contributed by atoms with Crippen molar-refractivity contribution >= 4 is 52.0 Å². The highest BCUT2D eigenvalue weighted by molar-refractivity contribution is 8.26. The van der Waals surface area contributed by atoms with Crippen molar-refractivity contribution in [1.82, 2.24) is 5.32 Å². The van der Waals surface area contributed by atoms with Gasteiger partial charge in [0.15, 0.2) is 0 Å². The van der Waals surface area contributed by atoms with E-state index in [0.29, 0.717) is 15.8 Å². The highest BCUT2D eigenvalue weighted by Gasteiger charge is 2.21.